The molecular formula is C11H20N6O2. The summed E-state index contributed by atoms with van der Waals surface area (Å²) in [6.07, 6.45) is -0.276. The quantitative estimate of drug-likeness (QED) is 0.766. The van der Waals surface area contributed by atoms with E-state index in [9.17, 15) is 4.79 Å². The van der Waals surface area contributed by atoms with Crippen LogP contribution in [0.15, 0.2) is 0 Å². The number of carbonyl (C=O) groups excluding carboxylic acids is 1. The van der Waals surface area contributed by atoms with Gasteiger partial charge in [-0.2, -0.15) is 4.98 Å². The summed E-state index contributed by atoms with van der Waals surface area (Å²) >= 11 is 0. The van der Waals surface area contributed by atoms with Crippen LogP contribution in [0, 0.1) is 0 Å². The van der Waals surface area contributed by atoms with Gasteiger partial charge in [-0.3, -0.25) is 0 Å². The fraction of sp³-hybridized carbons (Fsp3) is 0.727. The Bertz CT molecular complexity index is 444. The molecule has 0 spiro atoms. The third kappa shape index (κ3) is 3.49. The molecule has 1 aliphatic heterocycles. The maximum absolute atomic E-state index is 11.9. The molecule has 0 radical (unpaired) electrons. The summed E-state index contributed by atoms with van der Waals surface area (Å²) in [5.41, 5.74) is 5.02. The van der Waals surface area contributed by atoms with Gasteiger partial charge in [0.25, 0.3) is 0 Å². The number of aromatic amines is 1. The van der Waals surface area contributed by atoms with Crippen molar-refractivity contribution in [3.05, 3.63) is 0 Å². The second-order valence-corrected chi connectivity index (χ2v) is 5.48. The fourth-order valence-corrected chi connectivity index (χ4v) is 1.82. The number of carbonyl (C=O) groups is 1. The standard InChI is InChI=1S/C11H20N6O2/c1-11(2,3)19-10(18)17-6-4-16(5-7-17)9-13-8(12)14-15-9/h4-7H2,1-3H3,(H3,12,13,14,15). The lowest BCUT2D eigenvalue weighted by atomic mass is 10.2. The highest BCUT2D eigenvalue weighted by Gasteiger charge is 2.26. The minimum atomic E-state index is -0.466. The van der Waals surface area contributed by atoms with E-state index in [0.717, 1.165) is 0 Å². The van der Waals surface area contributed by atoms with E-state index in [1.165, 1.54) is 0 Å². The highest BCUT2D eigenvalue weighted by Crippen LogP contribution is 2.14. The van der Waals surface area contributed by atoms with Gasteiger partial charge >= 0.3 is 6.09 Å². The molecule has 106 valence electrons. The van der Waals surface area contributed by atoms with E-state index >= 15 is 0 Å². The predicted octanol–water partition coefficient (Wildman–Crippen LogP) is 0.444. The van der Waals surface area contributed by atoms with Crippen LogP contribution in [-0.2, 0) is 4.74 Å². The van der Waals surface area contributed by atoms with Gasteiger partial charge in [-0.05, 0) is 20.8 Å². The third-order valence-electron chi connectivity index (χ3n) is 2.71. The van der Waals surface area contributed by atoms with E-state index < -0.39 is 5.60 Å². The summed E-state index contributed by atoms with van der Waals surface area (Å²) in [5, 5.41) is 6.60. The Morgan fingerprint density at radius 2 is 1.95 bits per heavy atom. The Balaban J connectivity index is 1.87. The van der Waals surface area contributed by atoms with E-state index in [-0.39, 0.29) is 6.09 Å². The molecule has 0 saturated carbocycles. The Kier molecular flexibility index (Phi) is 3.50. The molecular weight excluding hydrogens is 248 g/mol. The van der Waals surface area contributed by atoms with Gasteiger partial charge in [-0.1, -0.05) is 0 Å². The van der Waals surface area contributed by atoms with Gasteiger partial charge in [0.1, 0.15) is 5.60 Å². The largest absolute Gasteiger partial charge is 0.444 e. The summed E-state index contributed by atoms with van der Waals surface area (Å²) in [7, 11) is 0. The monoisotopic (exact) mass is 268 g/mol. The van der Waals surface area contributed by atoms with Crippen molar-refractivity contribution in [2.45, 2.75) is 26.4 Å². The second-order valence-electron chi connectivity index (χ2n) is 5.48. The van der Waals surface area contributed by atoms with Crippen molar-refractivity contribution in [3.63, 3.8) is 0 Å². The number of nitrogen functional groups attached to an aromatic ring is 1. The zero-order valence-electron chi connectivity index (χ0n) is 11.5. The van der Waals surface area contributed by atoms with Gasteiger partial charge < -0.3 is 20.3 Å². The lowest BCUT2D eigenvalue weighted by molar-refractivity contribution is 0.0240. The van der Waals surface area contributed by atoms with E-state index in [2.05, 4.69) is 15.2 Å². The van der Waals surface area contributed by atoms with E-state index in [1.54, 1.807) is 4.90 Å². The van der Waals surface area contributed by atoms with Gasteiger partial charge in [0.15, 0.2) is 0 Å². The minimum Gasteiger partial charge on any atom is -0.444 e. The molecule has 1 amide bonds. The van der Waals surface area contributed by atoms with Crippen LogP contribution in [0.2, 0.25) is 0 Å². The number of rotatable bonds is 1. The highest BCUT2D eigenvalue weighted by molar-refractivity contribution is 5.68. The normalized spacial score (nSPS) is 16.6. The molecule has 19 heavy (non-hydrogen) atoms. The van der Waals surface area contributed by atoms with Crippen LogP contribution in [0.25, 0.3) is 0 Å². The molecule has 0 aromatic carbocycles. The topological polar surface area (TPSA) is 100 Å². The molecule has 8 nitrogen and oxygen atoms in total. The van der Waals surface area contributed by atoms with Gasteiger partial charge in [0, 0.05) is 26.2 Å². The van der Waals surface area contributed by atoms with Gasteiger partial charge in [-0.25, -0.2) is 9.89 Å². The summed E-state index contributed by atoms with van der Waals surface area (Å²) in [6, 6.07) is 0. The van der Waals surface area contributed by atoms with Crippen LogP contribution in [-0.4, -0.2) is 58.0 Å². The molecule has 1 saturated heterocycles. The zero-order valence-corrected chi connectivity index (χ0v) is 11.5. The molecule has 2 heterocycles. The second kappa shape index (κ2) is 4.94. The van der Waals surface area contributed by atoms with Crippen molar-refractivity contribution in [1.29, 1.82) is 0 Å². The number of H-pyrrole nitrogens is 1. The first-order chi connectivity index (χ1) is 8.85. The summed E-state index contributed by atoms with van der Waals surface area (Å²) in [5.74, 6) is 0.867. The molecule has 8 heteroatoms. The van der Waals surface area contributed by atoms with Crippen LogP contribution in [0.5, 0.6) is 0 Å². The fourth-order valence-electron chi connectivity index (χ4n) is 1.82. The Morgan fingerprint density at radius 1 is 1.32 bits per heavy atom. The van der Waals surface area contributed by atoms with Crippen LogP contribution in [0.3, 0.4) is 0 Å². The molecule has 1 aliphatic rings. The first-order valence-corrected chi connectivity index (χ1v) is 6.26. The predicted molar refractivity (Wildman–Crippen MR) is 70.8 cm³/mol. The molecule has 3 N–H and O–H groups in total. The van der Waals surface area contributed by atoms with Crippen molar-refractivity contribution in [1.82, 2.24) is 20.1 Å². The number of aromatic nitrogens is 3. The van der Waals surface area contributed by atoms with Crippen molar-refractivity contribution < 1.29 is 9.53 Å². The maximum atomic E-state index is 11.9. The van der Waals surface area contributed by atoms with Crippen LogP contribution in [0.1, 0.15) is 20.8 Å². The first kappa shape index (κ1) is 13.4. The zero-order chi connectivity index (χ0) is 14.0. The Labute approximate surface area is 111 Å². The average molecular weight is 268 g/mol. The van der Waals surface area contributed by atoms with Crippen molar-refractivity contribution >= 4 is 18.0 Å². The van der Waals surface area contributed by atoms with Crippen LogP contribution >= 0.6 is 0 Å². The minimum absolute atomic E-state index is 0.276. The molecule has 1 fully saturated rings. The number of amides is 1. The molecule has 0 atom stereocenters. The lowest BCUT2D eigenvalue weighted by Gasteiger charge is -2.35. The molecule has 1 aromatic rings. The summed E-state index contributed by atoms with van der Waals surface area (Å²) < 4.78 is 5.33. The smallest absolute Gasteiger partial charge is 0.410 e. The van der Waals surface area contributed by atoms with Crippen LogP contribution < -0.4 is 10.6 Å². The Morgan fingerprint density at radius 3 is 2.42 bits per heavy atom. The van der Waals surface area contributed by atoms with E-state index in [4.69, 9.17) is 10.5 Å². The number of hydrogen-bond donors (Lipinski definition) is 2. The van der Waals surface area contributed by atoms with E-state index in [1.807, 2.05) is 25.7 Å². The molecule has 1 aromatic heterocycles. The van der Waals surface area contributed by atoms with Gasteiger partial charge in [0.2, 0.25) is 11.9 Å². The maximum Gasteiger partial charge on any atom is 0.410 e. The number of anilines is 2. The third-order valence-corrected chi connectivity index (χ3v) is 2.71. The number of ether oxygens (including phenoxy) is 1. The van der Waals surface area contributed by atoms with Gasteiger partial charge in [-0.15, -0.1) is 5.10 Å². The van der Waals surface area contributed by atoms with Crippen molar-refractivity contribution in [2.75, 3.05) is 36.8 Å². The number of nitrogens with zero attached hydrogens (tertiary/aromatic N) is 4. The molecule has 0 aliphatic carbocycles. The Hall–Kier alpha value is -1.99. The number of hydrogen-bond acceptors (Lipinski definition) is 6. The summed E-state index contributed by atoms with van der Waals surface area (Å²) in [6.45, 7) is 8.08. The number of nitrogens with one attached hydrogen (secondary N) is 1. The molecule has 2 rings (SSSR count). The average Bonchev–Trinajstić information content (AvgIpc) is 2.74. The van der Waals surface area contributed by atoms with E-state index in [0.29, 0.717) is 38.1 Å². The molecule has 0 unspecified atom stereocenters. The SMILES string of the molecule is CC(C)(C)OC(=O)N1CCN(c2n[nH]c(N)n2)CC1. The first-order valence-electron chi connectivity index (χ1n) is 6.26. The highest BCUT2D eigenvalue weighted by atomic mass is 16.6. The number of piperazine rings is 1. The van der Waals surface area contributed by atoms with Gasteiger partial charge in [0.05, 0.1) is 0 Å². The van der Waals surface area contributed by atoms with Crippen LogP contribution in [0.4, 0.5) is 16.7 Å². The molecule has 0 bridgehead atoms. The number of nitrogens with two attached hydrogens (primary N) is 1. The van der Waals surface area contributed by atoms with Crippen molar-refractivity contribution in [3.8, 4) is 0 Å². The lowest BCUT2D eigenvalue weighted by Crippen LogP contribution is -2.50. The van der Waals surface area contributed by atoms with Crippen molar-refractivity contribution in [2.24, 2.45) is 0 Å². The summed E-state index contributed by atoms with van der Waals surface area (Å²) in [4.78, 5) is 19.6.